The van der Waals surface area contributed by atoms with Gasteiger partial charge in [-0.2, -0.15) is 5.10 Å². The molecule has 0 aliphatic heterocycles. The summed E-state index contributed by atoms with van der Waals surface area (Å²) in [4.78, 5) is 11.7. The fourth-order valence-electron chi connectivity index (χ4n) is 1.62. The summed E-state index contributed by atoms with van der Waals surface area (Å²) in [5, 5.41) is 6.46. The van der Waals surface area contributed by atoms with Crippen molar-refractivity contribution in [3.63, 3.8) is 0 Å². The molecule has 5 nitrogen and oxygen atoms in total. The van der Waals surface area contributed by atoms with E-state index in [1.165, 1.54) is 18.2 Å². The summed E-state index contributed by atoms with van der Waals surface area (Å²) in [5.74, 6) is -0.759. The van der Waals surface area contributed by atoms with Crippen molar-refractivity contribution in [2.45, 2.75) is 6.36 Å². The van der Waals surface area contributed by atoms with Crippen LogP contribution in [0.1, 0.15) is 5.56 Å². The third kappa shape index (κ3) is 4.97. The minimum atomic E-state index is -4.74. The summed E-state index contributed by atoms with van der Waals surface area (Å²) in [5.41, 5.74) is 1.11. The van der Waals surface area contributed by atoms with Gasteiger partial charge in [0, 0.05) is 30.6 Å². The number of nitrogens with zero attached hydrogens (tertiary/aromatic N) is 2. The van der Waals surface area contributed by atoms with Gasteiger partial charge >= 0.3 is 6.36 Å². The van der Waals surface area contributed by atoms with Gasteiger partial charge in [-0.25, -0.2) is 0 Å². The largest absolute Gasteiger partial charge is 0.573 e. The number of aryl methyl sites for hydroxylation is 1. The Hall–Kier alpha value is -2.77. The Labute approximate surface area is 124 Å². The second-order valence-electron chi connectivity index (χ2n) is 4.34. The molecular formula is C14H12F3N3O2. The van der Waals surface area contributed by atoms with E-state index in [4.69, 9.17) is 0 Å². The predicted molar refractivity (Wildman–Crippen MR) is 74.0 cm³/mol. The number of benzene rings is 1. The lowest BCUT2D eigenvalue weighted by molar-refractivity contribution is -0.274. The number of anilines is 1. The van der Waals surface area contributed by atoms with Gasteiger partial charge in [0.05, 0.1) is 6.20 Å². The van der Waals surface area contributed by atoms with Gasteiger partial charge in [0.2, 0.25) is 5.91 Å². The Balaban J connectivity index is 1.93. The van der Waals surface area contributed by atoms with Crippen molar-refractivity contribution in [3.05, 3.63) is 48.3 Å². The SMILES string of the molecule is Cn1cc(/C=C\C(=O)Nc2ccc(OC(F)(F)F)cc2)cn1. The molecule has 0 spiro atoms. The zero-order valence-electron chi connectivity index (χ0n) is 11.5. The Morgan fingerprint density at radius 3 is 2.55 bits per heavy atom. The van der Waals surface area contributed by atoms with E-state index in [0.29, 0.717) is 5.69 Å². The van der Waals surface area contributed by atoms with Gasteiger partial charge in [-0.1, -0.05) is 0 Å². The molecule has 116 valence electrons. The maximum absolute atomic E-state index is 12.0. The molecule has 1 N–H and O–H groups in total. The van der Waals surface area contributed by atoms with Crippen molar-refractivity contribution >= 4 is 17.7 Å². The van der Waals surface area contributed by atoms with Gasteiger partial charge in [0.25, 0.3) is 0 Å². The smallest absolute Gasteiger partial charge is 0.406 e. The topological polar surface area (TPSA) is 56.2 Å². The van der Waals surface area contributed by atoms with E-state index < -0.39 is 12.3 Å². The lowest BCUT2D eigenvalue weighted by Gasteiger charge is -2.09. The van der Waals surface area contributed by atoms with Crippen LogP contribution in [0.4, 0.5) is 18.9 Å². The zero-order valence-corrected chi connectivity index (χ0v) is 11.5. The summed E-state index contributed by atoms with van der Waals surface area (Å²) >= 11 is 0. The number of hydrogen-bond donors (Lipinski definition) is 1. The van der Waals surface area contributed by atoms with Crippen LogP contribution in [0.2, 0.25) is 0 Å². The van der Waals surface area contributed by atoms with E-state index in [1.807, 2.05) is 0 Å². The first-order chi connectivity index (χ1) is 10.3. The van der Waals surface area contributed by atoms with Crippen LogP contribution in [-0.2, 0) is 11.8 Å². The first-order valence-corrected chi connectivity index (χ1v) is 6.15. The summed E-state index contributed by atoms with van der Waals surface area (Å²) in [7, 11) is 1.75. The zero-order chi connectivity index (χ0) is 16.2. The van der Waals surface area contributed by atoms with E-state index in [9.17, 15) is 18.0 Å². The first-order valence-electron chi connectivity index (χ1n) is 6.15. The Morgan fingerprint density at radius 1 is 1.32 bits per heavy atom. The van der Waals surface area contributed by atoms with Crippen LogP contribution in [0, 0.1) is 0 Å². The van der Waals surface area contributed by atoms with Crippen LogP contribution in [0.5, 0.6) is 5.75 Å². The third-order valence-corrected chi connectivity index (χ3v) is 2.51. The highest BCUT2D eigenvalue weighted by Gasteiger charge is 2.30. The predicted octanol–water partition coefficient (Wildman–Crippen LogP) is 2.97. The number of alkyl halides is 3. The number of halogens is 3. The van der Waals surface area contributed by atoms with Crippen LogP contribution < -0.4 is 10.1 Å². The van der Waals surface area contributed by atoms with Crippen molar-refractivity contribution in [2.24, 2.45) is 7.05 Å². The summed E-state index contributed by atoms with van der Waals surface area (Å²) < 4.78 is 41.3. The van der Waals surface area contributed by atoms with Crippen LogP contribution in [0.25, 0.3) is 6.08 Å². The monoisotopic (exact) mass is 311 g/mol. The van der Waals surface area contributed by atoms with E-state index >= 15 is 0 Å². The molecule has 0 radical (unpaired) electrons. The lowest BCUT2D eigenvalue weighted by Crippen LogP contribution is -2.17. The van der Waals surface area contributed by atoms with Gasteiger partial charge in [-0.3, -0.25) is 9.48 Å². The number of amides is 1. The highest BCUT2D eigenvalue weighted by Crippen LogP contribution is 2.23. The van der Waals surface area contributed by atoms with Gasteiger partial charge in [0.1, 0.15) is 5.75 Å². The molecule has 1 aromatic heterocycles. The molecule has 2 rings (SSSR count). The fourth-order valence-corrected chi connectivity index (χ4v) is 1.62. The average molecular weight is 311 g/mol. The molecule has 22 heavy (non-hydrogen) atoms. The molecule has 1 amide bonds. The number of carbonyl (C=O) groups is 1. The Kier molecular flexibility index (Phi) is 4.50. The minimum Gasteiger partial charge on any atom is -0.406 e. The minimum absolute atomic E-state index is 0.351. The maximum atomic E-state index is 12.0. The van der Waals surface area contributed by atoms with Crippen molar-refractivity contribution < 1.29 is 22.7 Å². The normalized spacial score (nSPS) is 11.6. The first kappa shape index (κ1) is 15.6. The number of hydrogen-bond acceptors (Lipinski definition) is 3. The molecule has 0 saturated carbocycles. The van der Waals surface area contributed by atoms with E-state index in [2.05, 4.69) is 15.2 Å². The van der Waals surface area contributed by atoms with Gasteiger partial charge in [-0.05, 0) is 30.3 Å². The van der Waals surface area contributed by atoms with Crippen LogP contribution >= 0.6 is 0 Å². The molecule has 0 bridgehead atoms. The molecule has 8 heteroatoms. The lowest BCUT2D eigenvalue weighted by atomic mass is 10.3. The van der Waals surface area contributed by atoms with Crippen LogP contribution in [0.3, 0.4) is 0 Å². The average Bonchev–Trinajstić information content (AvgIpc) is 2.83. The van der Waals surface area contributed by atoms with E-state index in [-0.39, 0.29) is 5.75 Å². The highest BCUT2D eigenvalue weighted by molar-refractivity contribution is 6.01. The number of ether oxygens (including phenoxy) is 1. The molecule has 0 unspecified atom stereocenters. The van der Waals surface area contributed by atoms with E-state index in [1.54, 1.807) is 30.2 Å². The number of aromatic nitrogens is 2. The summed E-state index contributed by atoms with van der Waals surface area (Å²) in [6.07, 6.45) is 1.46. The molecular weight excluding hydrogens is 299 g/mol. The fraction of sp³-hybridized carbons (Fsp3) is 0.143. The summed E-state index contributed by atoms with van der Waals surface area (Å²) in [6.45, 7) is 0. The van der Waals surface area contributed by atoms with Gasteiger partial charge < -0.3 is 10.1 Å². The standard InChI is InChI=1S/C14H12F3N3O2/c1-20-9-10(8-18-20)2-7-13(21)19-11-3-5-12(6-4-11)22-14(15,16)17/h2-9H,1H3,(H,19,21)/b7-2-. The molecule has 0 aliphatic rings. The highest BCUT2D eigenvalue weighted by atomic mass is 19.4. The molecule has 2 aromatic rings. The number of carbonyl (C=O) groups excluding carboxylic acids is 1. The molecule has 0 aliphatic carbocycles. The van der Waals surface area contributed by atoms with Crippen molar-refractivity contribution in [1.82, 2.24) is 9.78 Å². The van der Waals surface area contributed by atoms with Crippen LogP contribution in [-0.4, -0.2) is 22.1 Å². The maximum Gasteiger partial charge on any atom is 0.573 e. The van der Waals surface area contributed by atoms with Crippen molar-refractivity contribution in [3.8, 4) is 5.75 Å². The Morgan fingerprint density at radius 2 is 2.00 bits per heavy atom. The third-order valence-electron chi connectivity index (χ3n) is 2.51. The second kappa shape index (κ2) is 6.33. The van der Waals surface area contributed by atoms with Crippen molar-refractivity contribution in [2.75, 3.05) is 5.32 Å². The summed E-state index contributed by atoms with van der Waals surface area (Å²) in [6, 6.07) is 4.87. The molecule has 1 aromatic carbocycles. The Bertz CT molecular complexity index is 675. The molecule has 0 saturated heterocycles. The van der Waals surface area contributed by atoms with E-state index in [0.717, 1.165) is 17.7 Å². The van der Waals surface area contributed by atoms with Crippen molar-refractivity contribution in [1.29, 1.82) is 0 Å². The quantitative estimate of drug-likeness (QED) is 0.883. The van der Waals surface area contributed by atoms with Crippen LogP contribution in [0.15, 0.2) is 42.7 Å². The van der Waals surface area contributed by atoms with Gasteiger partial charge in [0.15, 0.2) is 0 Å². The number of rotatable bonds is 4. The number of nitrogens with one attached hydrogen (secondary N) is 1. The second-order valence-corrected chi connectivity index (χ2v) is 4.34. The molecule has 0 atom stereocenters. The molecule has 1 heterocycles. The molecule has 0 fully saturated rings. The van der Waals surface area contributed by atoms with Gasteiger partial charge in [-0.15, -0.1) is 13.2 Å².